The summed E-state index contributed by atoms with van der Waals surface area (Å²) in [4.78, 5) is 14.2. The molecule has 0 aliphatic carbocycles. The first kappa shape index (κ1) is 19.1. The number of benzene rings is 2. The average Bonchev–Trinajstić information content (AvgIpc) is 3.14. The number of rotatable bonds is 3. The number of hydrogen-bond acceptors (Lipinski definition) is 3. The molecule has 1 aliphatic heterocycles. The van der Waals surface area contributed by atoms with Gasteiger partial charge in [0.25, 0.3) is 0 Å². The van der Waals surface area contributed by atoms with Gasteiger partial charge >= 0.3 is 0 Å². The lowest BCUT2D eigenvalue weighted by Gasteiger charge is -2.32. The first-order valence-electron chi connectivity index (χ1n) is 10.1. The van der Waals surface area contributed by atoms with Crippen LogP contribution in [0.4, 0.5) is 13.2 Å². The van der Waals surface area contributed by atoms with Gasteiger partial charge in [-0.05, 0) is 68.6 Å². The van der Waals surface area contributed by atoms with Crippen LogP contribution in [0.2, 0.25) is 0 Å². The molecule has 0 bridgehead atoms. The highest BCUT2D eigenvalue weighted by molar-refractivity contribution is 5.82. The minimum absolute atomic E-state index is 0.225. The van der Waals surface area contributed by atoms with Gasteiger partial charge in [0.1, 0.15) is 11.6 Å². The van der Waals surface area contributed by atoms with Crippen LogP contribution in [0.1, 0.15) is 35.7 Å². The van der Waals surface area contributed by atoms with Gasteiger partial charge in [0.2, 0.25) is 0 Å². The Kier molecular flexibility index (Phi) is 4.70. The molecule has 1 N–H and O–H groups in total. The number of halogens is 3. The topological polar surface area (TPSA) is 44.8 Å². The molecule has 0 spiro atoms. The zero-order valence-electron chi connectivity index (χ0n) is 16.6. The highest BCUT2D eigenvalue weighted by atomic mass is 19.2. The van der Waals surface area contributed by atoms with E-state index in [1.165, 1.54) is 6.07 Å². The van der Waals surface area contributed by atoms with Crippen molar-refractivity contribution in [3.63, 3.8) is 0 Å². The summed E-state index contributed by atoms with van der Waals surface area (Å²) in [6.07, 6.45) is 3.67. The second kappa shape index (κ2) is 7.40. The second-order valence-electron chi connectivity index (χ2n) is 7.99. The van der Waals surface area contributed by atoms with Gasteiger partial charge in [0.15, 0.2) is 11.6 Å². The van der Waals surface area contributed by atoms with Crippen LogP contribution in [-0.4, -0.2) is 32.9 Å². The third kappa shape index (κ3) is 3.33. The van der Waals surface area contributed by atoms with E-state index in [-0.39, 0.29) is 11.4 Å². The number of nitrogens with one attached hydrogen (secondary N) is 1. The van der Waals surface area contributed by atoms with Gasteiger partial charge in [-0.1, -0.05) is 0 Å². The zero-order chi connectivity index (χ0) is 20.8. The SMILES string of the molecule is Cc1c(F)c(F)cc2[nH]c(CN3CCC(c4ccnc5ccc(F)cc45)CC3)nc12. The summed E-state index contributed by atoms with van der Waals surface area (Å²) in [6, 6.07) is 7.88. The van der Waals surface area contributed by atoms with Crippen LogP contribution in [0.3, 0.4) is 0 Å². The number of H-pyrrole nitrogens is 1. The van der Waals surface area contributed by atoms with Gasteiger partial charge < -0.3 is 4.98 Å². The van der Waals surface area contributed by atoms with Crippen molar-refractivity contribution in [2.24, 2.45) is 0 Å². The number of aryl methyl sites for hydroxylation is 1. The van der Waals surface area contributed by atoms with Crippen LogP contribution in [0.15, 0.2) is 36.5 Å². The summed E-state index contributed by atoms with van der Waals surface area (Å²) >= 11 is 0. The predicted molar refractivity (Wildman–Crippen MR) is 110 cm³/mol. The van der Waals surface area contributed by atoms with Crippen molar-refractivity contribution in [1.82, 2.24) is 19.9 Å². The van der Waals surface area contributed by atoms with Gasteiger partial charge in [0.05, 0.1) is 23.1 Å². The number of imidazole rings is 1. The Morgan fingerprint density at radius 2 is 1.90 bits per heavy atom. The Bertz CT molecular complexity index is 1240. The molecule has 2 aromatic carbocycles. The molecule has 0 saturated carbocycles. The predicted octanol–water partition coefficient (Wildman–Crippen LogP) is 5.22. The largest absolute Gasteiger partial charge is 0.341 e. The normalized spacial score (nSPS) is 16.0. The quantitative estimate of drug-likeness (QED) is 0.504. The van der Waals surface area contributed by atoms with Crippen LogP contribution in [-0.2, 0) is 6.54 Å². The van der Waals surface area contributed by atoms with E-state index in [4.69, 9.17) is 0 Å². The average molecular weight is 410 g/mol. The molecule has 0 unspecified atom stereocenters. The summed E-state index contributed by atoms with van der Waals surface area (Å²) < 4.78 is 41.2. The van der Waals surface area contributed by atoms with E-state index >= 15 is 0 Å². The van der Waals surface area contributed by atoms with E-state index in [1.54, 1.807) is 25.3 Å². The van der Waals surface area contributed by atoms with Gasteiger partial charge in [-0.2, -0.15) is 0 Å². The van der Waals surface area contributed by atoms with Crippen LogP contribution in [0.5, 0.6) is 0 Å². The molecule has 7 heteroatoms. The lowest BCUT2D eigenvalue weighted by Crippen LogP contribution is -2.32. The summed E-state index contributed by atoms with van der Waals surface area (Å²) in [5.74, 6) is -0.913. The first-order valence-corrected chi connectivity index (χ1v) is 10.1. The number of nitrogens with zero attached hydrogens (tertiary/aromatic N) is 3. The van der Waals surface area contributed by atoms with Crippen molar-refractivity contribution >= 4 is 21.9 Å². The van der Waals surface area contributed by atoms with E-state index in [0.717, 1.165) is 48.5 Å². The molecule has 4 nitrogen and oxygen atoms in total. The fourth-order valence-corrected chi connectivity index (χ4v) is 4.49. The molecule has 30 heavy (non-hydrogen) atoms. The molecule has 4 aromatic rings. The van der Waals surface area contributed by atoms with Crippen molar-refractivity contribution in [2.45, 2.75) is 32.2 Å². The summed E-state index contributed by atoms with van der Waals surface area (Å²) in [5.41, 5.74) is 3.17. The highest BCUT2D eigenvalue weighted by Crippen LogP contribution is 2.33. The number of aromatic amines is 1. The summed E-state index contributed by atoms with van der Waals surface area (Å²) in [6.45, 7) is 3.86. The van der Waals surface area contributed by atoms with Crippen LogP contribution in [0.25, 0.3) is 21.9 Å². The van der Waals surface area contributed by atoms with Crippen molar-refractivity contribution in [3.8, 4) is 0 Å². The molecular formula is C23H21F3N4. The number of fused-ring (bicyclic) bond motifs is 2. The van der Waals surface area contributed by atoms with Gasteiger partial charge in [-0.25, -0.2) is 18.2 Å². The van der Waals surface area contributed by atoms with Crippen LogP contribution < -0.4 is 0 Å². The van der Waals surface area contributed by atoms with E-state index < -0.39 is 11.6 Å². The third-order valence-electron chi connectivity index (χ3n) is 6.08. The lowest BCUT2D eigenvalue weighted by atomic mass is 9.87. The van der Waals surface area contributed by atoms with Gasteiger partial charge in [0, 0.05) is 23.2 Å². The van der Waals surface area contributed by atoms with E-state index in [9.17, 15) is 13.2 Å². The Hall–Kier alpha value is -2.93. The molecule has 3 heterocycles. The maximum Gasteiger partial charge on any atom is 0.164 e. The molecule has 1 saturated heterocycles. The smallest absolute Gasteiger partial charge is 0.164 e. The molecule has 2 aromatic heterocycles. The zero-order valence-corrected chi connectivity index (χ0v) is 16.6. The molecule has 0 atom stereocenters. The Morgan fingerprint density at radius 3 is 2.70 bits per heavy atom. The Balaban J connectivity index is 1.32. The summed E-state index contributed by atoms with van der Waals surface area (Å²) in [5, 5.41) is 0.882. The van der Waals surface area contributed by atoms with E-state index in [0.29, 0.717) is 29.3 Å². The number of pyridine rings is 1. The second-order valence-corrected chi connectivity index (χ2v) is 7.99. The monoisotopic (exact) mass is 410 g/mol. The Morgan fingerprint density at radius 1 is 1.10 bits per heavy atom. The molecular weight excluding hydrogens is 389 g/mol. The van der Waals surface area contributed by atoms with Gasteiger partial charge in [-0.3, -0.25) is 9.88 Å². The lowest BCUT2D eigenvalue weighted by molar-refractivity contribution is 0.201. The fourth-order valence-electron chi connectivity index (χ4n) is 4.49. The molecule has 1 fully saturated rings. The first-order chi connectivity index (χ1) is 14.5. The fraction of sp³-hybridized carbons (Fsp3) is 0.304. The number of piperidine rings is 1. The van der Waals surface area contributed by atoms with Crippen LogP contribution in [0, 0.1) is 24.4 Å². The summed E-state index contributed by atoms with van der Waals surface area (Å²) in [7, 11) is 0. The van der Waals surface area contributed by atoms with Crippen molar-refractivity contribution in [2.75, 3.05) is 13.1 Å². The minimum atomic E-state index is -0.864. The standard InChI is InChI=1S/C23H21F3N4/c1-13-22(26)18(25)11-20-23(13)29-21(28-20)12-30-8-5-14(6-9-30)16-4-7-27-19-3-2-15(24)10-17(16)19/h2-4,7,10-11,14H,5-6,8-9,12H2,1H3,(H,28,29). The molecule has 0 radical (unpaired) electrons. The molecule has 1 aliphatic rings. The highest BCUT2D eigenvalue weighted by Gasteiger charge is 2.23. The third-order valence-corrected chi connectivity index (χ3v) is 6.08. The number of aromatic nitrogens is 3. The number of likely N-dealkylation sites (tertiary alicyclic amines) is 1. The molecule has 5 rings (SSSR count). The molecule has 0 amide bonds. The minimum Gasteiger partial charge on any atom is -0.341 e. The van der Waals surface area contributed by atoms with E-state index in [2.05, 4.69) is 19.9 Å². The molecule has 154 valence electrons. The maximum atomic E-state index is 13.8. The van der Waals surface area contributed by atoms with Crippen LogP contribution >= 0.6 is 0 Å². The number of hydrogen-bond donors (Lipinski definition) is 1. The van der Waals surface area contributed by atoms with Crippen molar-refractivity contribution in [1.29, 1.82) is 0 Å². The van der Waals surface area contributed by atoms with Gasteiger partial charge in [-0.15, -0.1) is 0 Å². The van der Waals surface area contributed by atoms with Crippen molar-refractivity contribution in [3.05, 3.63) is 70.9 Å². The van der Waals surface area contributed by atoms with E-state index in [1.807, 2.05) is 6.07 Å². The maximum absolute atomic E-state index is 13.8. The van der Waals surface area contributed by atoms with Crippen molar-refractivity contribution < 1.29 is 13.2 Å². The Labute approximate surface area is 171 Å².